The summed E-state index contributed by atoms with van der Waals surface area (Å²) in [5.74, 6) is 0.613. The Kier molecular flexibility index (Phi) is 1.53. The number of carbonyl (C=O) groups excluding carboxylic acids is 1. The van der Waals surface area contributed by atoms with Gasteiger partial charge in [-0.05, 0) is 6.92 Å². The Morgan fingerprint density at radius 2 is 2.50 bits per heavy atom. The Morgan fingerprint density at radius 1 is 1.90 bits per heavy atom. The molecule has 0 spiro atoms. The molecular weight excluding hydrogens is 130 g/mol. The van der Waals surface area contributed by atoms with E-state index >= 15 is 0 Å². The molecule has 3 N–H and O–H groups in total. The smallest absolute Gasteiger partial charge is 0.172 e. The summed E-state index contributed by atoms with van der Waals surface area (Å²) in [7, 11) is 1.80. The quantitative estimate of drug-likeness (QED) is 0.501. The Balaban J connectivity index is 2.63. The number of nitrogens with zero attached hydrogens (tertiary/aromatic N) is 1. The highest BCUT2D eigenvalue weighted by atomic mass is 16.1. The minimum absolute atomic E-state index is 0.0687. The first-order valence-corrected chi connectivity index (χ1v) is 3.07. The third-order valence-electron chi connectivity index (χ3n) is 1.44. The van der Waals surface area contributed by atoms with Crippen LogP contribution in [-0.4, -0.2) is 23.9 Å². The van der Waals surface area contributed by atoms with Gasteiger partial charge in [0.2, 0.25) is 0 Å². The summed E-state index contributed by atoms with van der Waals surface area (Å²) in [6.45, 7) is 1.53. The molecule has 1 rings (SSSR count). The highest BCUT2D eigenvalue weighted by Gasteiger charge is 2.22. The van der Waals surface area contributed by atoms with Crippen LogP contribution in [0.4, 0.5) is 0 Å². The lowest BCUT2D eigenvalue weighted by molar-refractivity contribution is -0.121. The van der Waals surface area contributed by atoms with Crippen LogP contribution < -0.4 is 11.1 Å². The van der Waals surface area contributed by atoms with Gasteiger partial charge in [-0.15, -0.1) is 0 Å². The summed E-state index contributed by atoms with van der Waals surface area (Å²) in [5.41, 5.74) is 5.41. The van der Waals surface area contributed by atoms with Gasteiger partial charge in [0.25, 0.3) is 0 Å². The molecule has 1 heterocycles. The fraction of sp³-hybridized carbons (Fsp3) is 0.500. The molecule has 0 aromatic carbocycles. The molecule has 0 saturated heterocycles. The van der Waals surface area contributed by atoms with Gasteiger partial charge in [-0.3, -0.25) is 4.79 Å². The van der Waals surface area contributed by atoms with Crippen LogP contribution in [0.1, 0.15) is 6.92 Å². The average Bonchev–Trinajstić information content (AvgIpc) is 2.10. The maximum Gasteiger partial charge on any atom is 0.172 e. The maximum absolute atomic E-state index is 10.8. The molecule has 0 amide bonds. The second-order valence-electron chi connectivity index (χ2n) is 2.41. The molecule has 0 aromatic rings. The van der Waals surface area contributed by atoms with Crippen molar-refractivity contribution in [3.63, 3.8) is 0 Å². The number of ketones is 1. The van der Waals surface area contributed by atoms with Gasteiger partial charge in [-0.25, -0.2) is 0 Å². The molecule has 4 nitrogen and oxygen atoms in total. The van der Waals surface area contributed by atoms with Crippen LogP contribution in [0.15, 0.2) is 12.0 Å². The number of Topliss-reactive ketones (excluding diaryl/α,β-unsaturated/α-hetero) is 1. The molecule has 4 heteroatoms. The number of hydrogen-bond donors (Lipinski definition) is 2. The van der Waals surface area contributed by atoms with E-state index in [9.17, 15) is 4.79 Å². The Morgan fingerprint density at radius 3 is 2.70 bits per heavy atom. The van der Waals surface area contributed by atoms with E-state index in [0.29, 0.717) is 5.82 Å². The van der Waals surface area contributed by atoms with Crippen LogP contribution in [0.25, 0.3) is 0 Å². The van der Waals surface area contributed by atoms with E-state index in [0.717, 1.165) is 0 Å². The van der Waals surface area contributed by atoms with Crippen LogP contribution in [0.5, 0.6) is 0 Å². The molecule has 0 aromatic heterocycles. The van der Waals surface area contributed by atoms with Crippen molar-refractivity contribution in [3.05, 3.63) is 12.0 Å². The third-order valence-corrected chi connectivity index (χ3v) is 1.44. The molecule has 1 aliphatic rings. The van der Waals surface area contributed by atoms with Gasteiger partial charge >= 0.3 is 0 Å². The summed E-state index contributed by atoms with van der Waals surface area (Å²) in [6, 6.07) is 0. The van der Waals surface area contributed by atoms with Gasteiger partial charge in [0.15, 0.2) is 11.9 Å². The highest BCUT2D eigenvalue weighted by Crippen LogP contribution is 2.04. The number of nitrogens with one attached hydrogen (secondary N) is 1. The van der Waals surface area contributed by atoms with Gasteiger partial charge in [0, 0.05) is 13.2 Å². The lowest BCUT2D eigenvalue weighted by Crippen LogP contribution is -2.40. The first kappa shape index (κ1) is 6.92. The normalized spacial score (nSPS) is 24.0. The summed E-state index contributed by atoms with van der Waals surface area (Å²) in [4.78, 5) is 12.6. The molecule has 0 aliphatic carbocycles. The van der Waals surface area contributed by atoms with Gasteiger partial charge in [-0.1, -0.05) is 0 Å². The zero-order chi connectivity index (χ0) is 7.72. The number of hydrogen-bond acceptors (Lipinski definition) is 4. The zero-order valence-corrected chi connectivity index (χ0v) is 6.09. The van der Waals surface area contributed by atoms with Crippen LogP contribution in [0.2, 0.25) is 0 Å². The molecule has 56 valence electrons. The molecule has 0 radical (unpaired) electrons. The van der Waals surface area contributed by atoms with Crippen LogP contribution in [-0.2, 0) is 4.79 Å². The van der Waals surface area contributed by atoms with Gasteiger partial charge in [0.1, 0.15) is 5.82 Å². The van der Waals surface area contributed by atoms with Crippen molar-refractivity contribution in [1.82, 2.24) is 10.2 Å². The van der Waals surface area contributed by atoms with Crippen LogP contribution in [0, 0.1) is 0 Å². The fourth-order valence-corrected chi connectivity index (χ4v) is 0.979. The lowest BCUT2D eigenvalue weighted by atomic mass is 10.3. The predicted octanol–water partition coefficient (Wildman–Crippen LogP) is -0.806. The van der Waals surface area contributed by atoms with Crippen molar-refractivity contribution in [2.75, 3.05) is 7.05 Å². The topological polar surface area (TPSA) is 58.4 Å². The molecule has 1 aliphatic heterocycles. The van der Waals surface area contributed by atoms with E-state index in [4.69, 9.17) is 5.73 Å². The minimum atomic E-state index is -0.264. The van der Waals surface area contributed by atoms with Crippen molar-refractivity contribution in [1.29, 1.82) is 0 Å². The molecule has 0 fully saturated rings. The van der Waals surface area contributed by atoms with Crippen molar-refractivity contribution in [2.24, 2.45) is 5.73 Å². The minimum Gasteiger partial charge on any atom is -0.384 e. The van der Waals surface area contributed by atoms with Gasteiger partial charge in [-0.2, -0.15) is 0 Å². The molecule has 0 saturated carbocycles. The molecule has 1 unspecified atom stereocenters. The number of likely N-dealkylation sites (N-methyl/N-ethyl adjacent to an activating group) is 1. The third kappa shape index (κ3) is 1.05. The standard InChI is InChI=1S/C6H11N3O/c1-4(10)6-8-5(7)3-9(6)2/h3,6,8H,7H2,1-2H3. The molecule has 1 atom stereocenters. The molecule has 10 heavy (non-hydrogen) atoms. The van der Waals surface area contributed by atoms with Crippen molar-refractivity contribution in [2.45, 2.75) is 13.1 Å². The number of carbonyl (C=O) groups is 1. The summed E-state index contributed by atoms with van der Waals surface area (Å²) >= 11 is 0. The second kappa shape index (κ2) is 2.21. The predicted molar refractivity (Wildman–Crippen MR) is 37.6 cm³/mol. The number of nitrogens with two attached hydrogens (primary N) is 1. The van der Waals surface area contributed by atoms with Crippen LogP contribution in [0.3, 0.4) is 0 Å². The lowest BCUT2D eigenvalue weighted by Gasteiger charge is -2.16. The summed E-state index contributed by atoms with van der Waals surface area (Å²) < 4.78 is 0. The number of rotatable bonds is 1. The first-order chi connectivity index (χ1) is 4.61. The molecular formula is C6H11N3O. The highest BCUT2D eigenvalue weighted by molar-refractivity contribution is 5.81. The fourth-order valence-electron chi connectivity index (χ4n) is 0.979. The van der Waals surface area contributed by atoms with E-state index in [2.05, 4.69) is 5.32 Å². The second-order valence-corrected chi connectivity index (χ2v) is 2.41. The van der Waals surface area contributed by atoms with E-state index in [1.165, 1.54) is 6.92 Å². The largest absolute Gasteiger partial charge is 0.384 e. The zero-order valence-electron chi connectivity index (χ0n) is 6.09. The molecule has 0 bridgehead atoms. The summed E-state index contributed by atoms with van der Waals surface area (Å²) in [5, 5.41) is 2.82. The van der Waals surface area contributed by atoms with Crippen molar-refractivity contribution in [3.8, 4) is 0 Å². The SMILES string of the molecule is CC(=O)C1NC(N)=CN1C. The van der Waals surface area contributed by atoms with Gasteiger partial charge < -0.3 is 16.0 Å². The van der Waals surface area contributed by atoms with Gasteiger partial charge in [0.05, 0.1) is 0 Å². The Bertz CT molecular complexity index is 187. The maximum atomic E-state index is 10.8. The van der Waals surface area contributed by atoms with Crippen LogP contribution >= 0.6 is 0 Å². The average molecular weight is 141 g/mol. The van der Waals surface area contributed by atoms with Crippen molar-refractivity contribution >= 4 is 5.78 Å². The Labute approximate surface area is 59.7 Å². The van der Waals surface area contributed by atoms with E-state index in [-0.39, 0.29) is 11.9 Å². The Hall–Kier alpha value is -1.19. The monoisotopic (exact) mass is 141 g/mol. The van der Waals surface area contributed by atoms with E-state index in [1.807, 2.05) is 0 Å². The van der Waals surface area contributed by atoms with E-state index in [1.54, 1.807) is 18.1 Å². The first-order valence-electron chi connectivity index (χ1n) is 3.07. The van der Waals surface area contributed by atoms with Crippen molar-refractivity contribution < 1.29 is 4.79 Å². The van der Waals surface area contributed by atoms with E-state index < -0.39 is 0 Å². The summed E-state index contributed by atoms with van der Waals surface area (Å²) in [6.07, 6.45) is 1.44.